The number of aromatic nitrogens is 2. The highest BCUT2D eigenvalue weighted by Crippen LogP contribution is 2.39. The van der Waals surface area contributed by atoms with Gasteiger partial charge in [-0.15, -0.1) is 0 Å². The number of carbonyl (C=O) groups excluding carboxylic acids is 1. The van der Waals surface area contributed by atoms with Gasteiger partial charge in [-0.2, -0.15) is 0 Å². The van der Waals surface area contributed by atoms with E-state index in [9.17, 15) is 4.79 Å². The van der Waals surface area contributed by atoms with Crippen LogP contribution in [-0.4, -0.2) is 21.4 Å². The highest BCUT2D eigenvalue weighted by molar-refractivity contribution is 6.14. The number of nitrogens with two attached hydrogens (primary N) is 1. The van der Waals surface area contributed by atoms with E-state index in [0.29, 0.717) is 23.5 Å². The maximum absolute atomic E-state index is 11.0. The molecule has 0 amide bonds. The standard InChI is InChI=1S/C17H20N4O/c1-11(18)16(10-22)12(2)19-7-15-9-21-8-14(13-3-4-13)5-6-17(21)20-15/h5-6,8-10,13H,3-4,7,18H2,1-2H3. The van der Waals surface area contributed by atoms with E-state index in [-0.39, 0.29) is 0 Å². The van der Waals surface area contributed by atoms with Gasteiger partial charge in [-0.3, -0.25) is 9.79 Å². The van der Waals surface area contributed by atoms with E-state index in [4.69, 9.17) is 5.73 Å². The van der Waals surface area contributed by atoms with Crippen LogP contribution >= 0.6 is 0 Å². The molecule has 1 aliphatic carbocycles. The zero-order valence-corrected chi connectivity index (χ0v) is 12.9. The van der Waals surface area contributed by atoms with E-state index in [1.165, 1.54) is 18.4 Å². The number of allylic oxidation sites excluding steroid dienone is 2. The Morgan fingerprint density at radius 3 is 2.82 bits per heavy atom. The van der Waals surface area contributed by atoms with Gasteiger partial charge in [0.15, 0.2) is 6.29 Å². The first-order valence-electron chi connectivity index (χ1n) is 7.49. The molecule has 114 valence electrons. The Hall–Kier alpha value is -2.43. The monoisotopic (exact) mass is 296 g/mol. The van der Waals surface area contributed by atoms with Crippen LogP contribution < -0.4 is 5.73 Å². The molecule has 0 aliphatic heterocycles. The molecule has 0 bridgehead atoms. The van der Waals surface area contributed by atoms with Crippen LogP contribution in [0.1, 0.15) is 43.9 Å². The summed E-state index contributed by atoms with van der Waals surface area (Å²) in [5.74, 6) is 0.725. The lowest BCUT2D eigenvalue weighted by molar-refractivity contribution is -0.104. The van der Waals surface area contributed by atoms with Crippen LogP contribution in [0.4, 0.5) is 0 Å². The van der Waals surface area contributed by atoms with Crippen LogP contribution in [-0.2, 0) is 11.3 Å². The number of aliphatic imine (C=N–C) groups is 1. The van der Waals surface area contributed by atoms with Crippen molar-refractivity contribution < 1.29 is 4.79 Å². The number of pyridine rings is 1. The van der Waals surface area contributed by atoms with Gasteiger partial charge in [0, 0.05) is 23.8 Å². The second-order valence-corrected chi connectivity index (χ2v) is 5.85. The highest BCUT2D eigenvalue weighted by Gasteiger charge is 2.23. The second-order valence-electron chi connectivity index (χ2n) is 5.85. The normalized spacial score (nSPS) is 16.7. The fourth-order valence-electron chi connectivity index (χ4n) is 2.54. The molecule has 1 saturated carbocycles. The smallest absolute Gasteiger partial charge is 0.153 e. The van der Waals surface area contributed by atoms with Gasteiger partial charge in [-0.1, -0.05) is 6.07 Å². The zero-order chi connectivity index (χ0) is 15.7. The summed E-state index contributed by atoms with van der Waals surface area (Å²) in [5.41, 5.74) is 10.4. The van der Waals surface area contributed by atoms with Crippen LogP contribution in [0.3, 0.4) is 0 Å². The van der Waals surface area contributed by atoms with E-state index in [2.05, 4.69) is 32.7 Å². The number of imidazole rings is 1. The molecule has 0 aromatic carbocycles. The van der Waals surface area contributed by atoms with E-state index in [1.54, 1.807) is 13.8 Å². The van der Waals surface area contributed by atoms with E-state index in [0.717, 1.165) is 23.5 Å². The van der Waals surface area contributed by atoms with Crippen LogP contribution in [0.25, 0.3) is 5.65 Å². The maximum atomic E-state index is 11.0. The molecule has 2 aromatic heterocycles. The molecule has 1 fully saturated rings. The van der Waals surface area contributed by atoms with Crippen molar-refractivity contribution in [3.8, 4) is 0 Å². The molecular weight excluding hydrogens is 276 g/mol. The molecule has 0 saturated heterocycles. The molecule has 2 aromatic rings. The topological polar surface area (TPSA) is 72.8 Å². The third kappa shape index (κ3) is 2.93. The minimum Gasteiger partial charge on any atom is -0.402 e. The van der Waals surface area contributed by atoms with Crippen molar-refractivity contribution in [1.82, 2.24) is 9.38 Å². The number of hydrogen-bond donors (Lipinski definition) is 1. The summed E-state index contributed by atoms with van der Waals surface area (Å²) in [7, 11) is 0. The Bertz CT molecular complexity index is 777. The lowest BCUT2D eigenvalue weighted by Gasteiger charge is -2.01. The molecule has 2 heterocycles. The number of hydrogen-bond acceptors (Lipinski definition) is 4. The minimum atomic E-state index is 0.441. The molecule has 2 N–H and O–H groups in total. The fraction of sp³-hybridized carbons (Fsp3) is 0.353. The Morgan fingerprint density at radius 1 is 1.41 bits per heavy atom. The lowest BCUT2D eigenvalue weighted by Crippen LogP contribution is -2.08. The summed E-state index contributed by atoms with van der Waals surface area (Å²) in [4.78, 5) is 20.0. The van der Waals surface area contributed by atoms with Gasteiger partial charge in [-0.25, -0.2) is 4.98 Å². The molecule has 3 rings (SSSR count). The first-order chi connectivity index (χ1) is 10.6. The summed E-state index contributed by atoms with van der Waals surface area (Å²) in [5, 5.41) is 0. The first kappa shape index (κ1) is 14.5. The second kappa shape index (κ2) is 5.75. The van der Waals surface area contributed by atoms with Crippen molar-refractivity contribution in [2.75, 3.05) is 0 Å². The van der Waals surface area contributed by atoms with Crippen molar-refractivity contribution in [2.24, 2.45) is 10.7 Å². The molecule has 0 spiro atoms. The predicted molar refractivity (Wildman–Crippen MR) is 86.9 cm³/mol. The van der Waals surface area contributed by atoms with Gasteiger partial charge < -0.3 is 10.1 Å². The number of fused-ring (bicyclic) bond motifs is 1. The summed E-state index contributed by atoms with van der Waals surface area (Å²) in [6.07, 6.45) is 7.48. The van der Waals surface area contributed by atoms with E-state index < -0.39 is 0 Å². The van der Waals surface area contributed by atoms with Crippen molar-refractivity contribution in [3.63, 3.8) is 0 Å². The Labute approximate surface area is 129 Å². The molecule has 5 nitrogen and oxygen atoms in total. The number of rotatable bonds is 5. The van der Waals surface area contributed by atoms with Crippen molar-refractivity contribution in [3.05, 3.63) is 47.1 Å². The SMILES string of the molecule is CC(=NCc1cn2cc(C3CC3)ccc2n1)C(C=O)=C(C)N. The highest BCUT2D eigenvalue weighted by atomic mass is 16.1. The molecule has 0 atom stereocenters. The zero-order valence-electron chi connectivity index (χ0n) is 12.9. The minimum absolute atomic E-state index is 0.441. The van der Waals surface area contributed by atoms with Crippen molar-refractivity contribution in [2.45, 2.75) is 39.2 Å². The van der Waals surface area contributed by atoms with E-state index >= 15 is 0 Å². The summed E-state index contributed by atoms with van der Waals surface area (Å²) >= 11 is 0. The fourth-order valence-corrected chi connectivity index (χ4v) is 2.54. The molecule has 0 radical (unpaired) electrons. The average Bonchev–Trinajstić information content (AvgIpc) is 3.25. The largest absolute Gasteiger partial charge is 0.402 e. The van der Waals surface area contributed by atoms with Crippen LogP contribution in [0.15, 0.2) is 40.8 Å². The van der Waals surface area contributed by atoms with Crippen LogP contribution in [0.2, 0.25) is 0 Å². The summed E-state index contributed by atoms with van der Waals surface area (Å²) in [6.45, 7) is 3.94. The Balaban J connectivity index is 1.82. The van der Waals surface area contributed by atoms with Gasteiger partial charge in [0.05, 0.1) is 17.8 Å². The quantitative estimate of drug-likeness (QED) is 0.523. The molecule has 22 heavy (non-hydrogen) atoms. The van der Waals surface area contributed by atoms with Gasteiger partial charge >= 0.3 is 0 Å². The van der Waals surface area contributed by atoms with Gasteiger partial charge in [-0.05, 0) is 44.2 Å². The average molecular weight is 296 g/mol. The molecular formula is C17H20N4O. The molecule has 0 unspecified atom stereocenters. The predicted octanol–water partition coefficient (Wildman–Crippen LogP) is 2.60. The van der Waals surface area contributed by atoms with Crippen LogP contribution in [0.5, 0.6) is 0 Å². The molecule has 5 heteroatoms. The van der Waals surface area contributed by atoms with E-state index in [1.807, 2.05) is 6.20 Å². The number of carbonyl (C=O) groups is 1. The summed E-state index contributed by atoms with van der Waals surface area (Å²) < 4.78 is 2.05. The summed E-state index contributed by atoms with van der Waals surface area (Å²) in [6, 6.07) is 4.21. The maximum Gasteiger partial charge on any atom is 0.153 e. The van der Waals surface area contributed by atoms with Gasteiger partial charge in [0.2, 0.25) is 0 Å². The van der Waals surface area contributed by atoms with Crippen molar-refractivity contribution >= 4 is 17.6 Å². The van der Waals surface area contributed by atoms with Gasteiger partial charge in [0.25, 0.3) is 0 Å². The lowest BCUT2D eigenvalue weighted by atomic mass is 10.1. The Kier molecular flexibility index (Phi) is 3.79. The van der Waals surface area contributed by atoms with Crippen LogP contribution in [0, 0.1) is 0 Å². The van der Waals surface area contributed by atoms with Gasteiger partial charge in [0.1, 0.15) is 5.65 Å². The van der Waals surface area contributed by atoms with Crippen molar-refractivity contribution in [1.29, 1.82) is 0 Å². The third-order valence-electron chi connectivity index (χ3n) is 3.98. The number of aldehydes is 1. The first-order valence-corrected chi connectivity index (χ1v) is 7.49. The molecule has 1 aliphatic rings. The third-order valence-corrected chi connectivity index (χ3v) is 3.98. The Morgan fingerprint density at radius 2 is 2.18 bits per heavy atom. The number of nitrogens with zero attached hydrogens (tertiary/aromatic N) is 3.